The Hall–Kier alpha value is -2.73. The standard InChI is InChI=1S/C18H14FN3OS/c19-14-7-1-2-8-15(14)21-17-16-13(6-3-9-20-16)18(23)22(17)11-12-5-4-10-24-12/h1-10,17,21H,11H2. The lowest BCUT2D eigenvalue weighted by Gasteiger charge is -2.26. The zero-order valence-electron chi connectivity index (χ0n) is 12.6. The normalized spacial score (nSPS) is 16.3. The number of carbonyl (C=O) groups is 1. The number of nitrogens with one attached hydrogen (secondary N) is 1. The van der Waals surface area contributed by atoms with Crippen molar-refractivity contribution in [2.24, 2.45) is 0 Å². The van der Waals surface area contributed by atoms with E-state index in [1.807, 2.05) is 17.5 Å². The van der Waals surface area contributed by atoms with Gasteiger partial charge in [-0.05, 0) is 35.7 Å². The number of anilines is 1. The summed E-state index contributed by atoms with van der Waals surface area (Å²) >= 11 is 1.59. The molecule has 1 aromatic carbocycles. The van der Waals surface area contributed by atoms with Gasteiger partial charge in [-0.2, -0.15) is 0 Å². The fourth-order valence-electron chi connectivity index (χ4n) is 2.84. The van der Waals surface area contributed by atoms with E-state index in [2.05, 4.69) is 10.3 Å². The topological polar surface area (TPSA) is 45.2 Å². The Bertz CT molecular complexity index is 881. The van der Waals surface area contributed by atoms with E-state index < -0.39 is 6.17 Å². The second-order valence-electron chi connectivity index (χ2n) is 5.48. The number of hydrogen-bond donors (Lipinski definition) is 1. The van der Waals surface area contributed by atoms with Crippen LogP contribution in [0.1, 0.15) is 27.1 Å². The summed E-state index contributed by atoms with van der Waals surface area (Å²) < 4.78 is 14.0. The van der Waals surface area contributed by atoms with Crippen molar-refractivity contribution < 1.29 is 9.18 Å². The molecule has 1 aliphatic rings. The first-order valence-electron chi connectivity index (χ1n) is 7.53. The third-order valence-electron chi connectivity index (χ3n) is 3.97. The molecule has 1 aliphatic heterocycles. The van der Waals surface area contributed by atoms with Crippen LogP contribution in [0.4, 0.5) is 10.1 Å². The Balaban J connectivity index is 1.72. The van der Waals surface area contributed by atoms with Crippen LogP contribution in [0.15, 0.2) is 60.1 Å². The van der Waals surface area contributed by atoms with E-state index in [1.165, 1.54) is 6.07 Å². The summed E-state index contributed by atoms with van der Waals surface area (Å²) in [4.78, 5) is 19.9. The average Bonchev–Trinajstić information content (AvgIpc) is 3.20. The number of aromatic nitrogens is 1. The van der Waals surface area contributed by atoms with Crippen molar-refractivity contribution in [3.8, 4) is 0 Å². The predicted molar refractivity (Wildman–Crippen MR) is 91.2 cm³/mol. The number of nitrogens with zero attached hydrogens (tertiary/aromatic N) is 2. The fraction of sp³-hybridized carbons (Fsp3) is 0.111. The van der Waals surface area contributed by atoms with E-state index in [9.17, 15) is 9.18 Å². The van der Waals surface area contributed by atoms with Gasteiger partial charge in [0.25, 0.3) is 5.91 Å². The molecular weight excluding hydrogens is 325 g/mol. The van der Waals surface area contributed by atoms with E-state index in [1.54, 1.807) is 52.8 Å². The molecule has 0 aliphatic carbocycles. The summed E-state index contributed by atoms with van der Waals surface area (Å²) in [6.07, 6.45) is 1.16. The van der Waals surface area contributed by atoms with Crippen LogP contribution in [0.3, 0.4) is 0 Å². The number of pyridine rings is 1. The quantitative estimate of drug-likeness (QED) is 0.780. The molecule has 1 amide bonds. The zero-order chi connectivity index (χ0) is 16.5. The smallest absolute Gasteiger partial charge is 0.258 e. The summed E-state index contributed by atoms with van der Waals surface area (Å²) in [5, 5.41) is 5.10. The first-order valence-corrected chi connectivity index (χ1v) is 8.41. The lowest BCUT2D eigenvalue weighted by molar-refractivity contribution is 0.0729. The molecule has 0 fully saturated rings. The van der Waals surface area contributed by atoms with E-state index >= 15 is 0 Å². The Labute approximate surface area is 142 Å². The molecule has 4 nitrogen and oxygen atoms in total. The molecule has 1 atom stereocenters. The zero-order valence-corrected chi connectivity index (χ0v) is 13.5. The van der Waals surface area contributed by atoms with E-state index in [-0.39, 0.29) is 11.7 Å². The monoisotopic (exact) mass is 339 g/mol. The maximum absolute atomic E-state index is 14.0. The third-order valence-corrected chi connectivity index (χ3v) is 4.83. The van der Waals surface area contributed by atoms with Crippen molar-refractivity contribution in [1.82, 2.24) is 9.88 Å². The van der Waals surface area contributed by atoms with Crippen LogP contribution in [-0.2, 0) is 6.54 Å². The molecule has 24 heavy (non-hydrogen) atoms. The average molecular weight is 339 g/mol. The maximum atomic E-state index is 14.0. The van der Waals surface area contributed by atoms with Gasteiger partial charge in [0.05, 0.1) is 23.5 Å². The highest BCUT2D eigenvalue weighted by molar-refractivity contribution is 7.09. The molecule has 6 heteroatoms. The molecular formula is C18H14FN3OS. The van der Waals surface area contributed by atoms with E-state index in [0.717, 1.165) is 4.88 Å². The van der Waals surface area contributed by atoms with Crippen LogP contribution >= 0.6 is 11.3 Å². The molecule has 1 N–H and O–H groups in total. The summed E-state index contributed by atoms with van der Waals surface area (Å²) in [7, 11) is 0. The lowest BCUT2D eigenvalue weighted by Crippen LogP contribution is -2.32. The second kappa shape index (κ2) is 6.05. The molecule has 0 saturated carbocycles. The van der Waals surface area contributed by atoms with Gasteiger partial charge in [-0.25, -0.2) is 4.39 Å². The minimum atomic E-state index is -0.493. The van der Waals surface area contributed by atoms with Gasteiger partial charge in [0.15, 0.2) is 0 Å². The highest BCUT2D eigenvalue weighted by atomic mass is 32.1. The van der Waals surface area contributed by atoms with Crippen LogP contribution in [0.25, 0.3) is 0 Å². The van der Waals surface area contributed by atoms with Crippen molar-refractivity contribution >= 4 is 22.9 Å². The number of rotatable bonds is 4. The van der Waals surface area contributed by atoms with Gasteiger partial charge < -0.3 is 10.2 Å². The molecule has 0 saturated heterocycles. The first kappa shape index (κ1) is 14.8. The lowest BCUT2D eigenvalue weighted by atomic mass is 10.2. The van der Waals surface area contributed by atoms with Gasteiger partial charge in [-0.3, -0.25) is 9.78 Å². The minimum absolute atomic E-state index is 0.0969. The predicted octanol–water partition coefficient (Wildman–Crippen LogP) is 4.05. The summed E-state index contributed by atoms with van der Waals surface area (Å²) in [5.41, 5.74) is 1.54. The van der Waals surface area contributed by atoms with Crippen molar-refractivity contribution in [1.29, 1.82) is 0 Å². The largest absolute Gasteiger partial charge is 0.358 e. The Morgan fingerprint density at radius 2 is 2.04 bits per heavy atom. The second-order valence-corrected chi connectivity index (χ2v) is 6.51. The van der Waals surface area contributed by atoms with Crippen molar-refractivity contribution in [3.63, 3.8) is 0 Å². The molecule has 0 bridgehead atoms. The summed E-state index contributed by atoms with van der Waals surface area (Å²) in [6.45, 7) is 0.457. The Morgan fingerprint density at radius 1 is 1.17 bits per heavy atom. The Morgan fingerprint density at radius 3 is 2.83 bits per heavy atom. The van der Waals surface area contributed by atoms with Crippen LogP contribution in [0.2, 0.25) is 0 Å². The van der Waals surface area contributed by atoms with Gasteiger partial charge in [-0.1, -0.05) is 18.2 Å². The van der Waals surface area contributed by atoms with E-state index in [4.69, 9.17) is 0 Å². The number of thiophene rings is 1. The van der Waals surface area contributed by atoms with Crippen molar-refractivity contribution in [2.45, 2.75) is 12.7 Å². The molecule has 3 heterocycles. The molecule has 0 spiro atoms. The minimum Gasteiger partial charge on any atom is -0.358 e. The maximum Gasteiger partial charge on any atom is 0.258 e. The molecule has 0 radical (unpaired) electrons. The van der Waals surface area contributed by atoms with Gasteiger partial charge in [-0.15, -0.1) is 11.3 Å². The molecule has 3 aromatic rings. The van der Waals surface area contributed by atoms with Crippen LogP contribution < -0.4 is 5.32 Å². The third kappa shape index (κ3) is 2.55. The van der Waals surface area contributed by atoms with Gasteiger partial charge >= 0.3 is 0 Å². The molecule has 4 rings (SSSR count). The van der Waals surface area contributed by atoms with Gasteiger partial charge in [0.2, 0.25) is 0 Å². The number of amides is 1. The summed E-state index contributed by atoms with van der Waals surface area (Å²) in [6, 6.07) is 13.9. The number of para-hydroxylation sites is 1. The Kier molecular flexibility index (Phi) is 3.74. The summed E-state index contributed by atoms with van der Waals surface area (Å²) in [5.74, 6) is -0.453. The van der Waals surface area contributed by atoms with Crippen molar-refractivity contribution in [3.05, 3.63) is 82.1 Å². The number of benzene rings is 1. The highest BCUT2D eigenvalue weighted by Crippen LogP contribution is 2.35. The number of halogens is 1. The van der Waals surface area contributed by atoms with Crippen molar-refractivity contribution in [2.75, 3.05) is 5.32 Å². The highest BCUT2D eigenvalue weighted by Gasteiger charge is 2.38. The van der Waals surface area contributed by atoms with Crippen LogP contribution in [-0.4, -0.2) is 15.8 Å². The van der Waals surface area contributed by atoms with Crippen LogP contribution in [0.5, 0.6) is 0 Å². The molecule has 120 valence electrons. The fourth-order valence-corrected chi connectivity index (χ4v) is 3.54. The molecule has 1 unspecified atom stereocenters. The van der Waals surface area contributed by atoms with Crippen LogP contribution in [0, 0.1) is 5.82 Å². The number of carbonyl (C=O) groups excluding carboxylic acids is 1. The van der Waals surface area contributed by atoms with Gasteiger partial charge in [0, 0.05) is 11.1 Å². The first-order chi connectivity index (χ1) is 11.7. The van der Waals surface area contributed by atoms with E-state index in [0.29, 0.717) is 23.5 Å². The van der Waals surface area contributed by atoms with Gasteiger partial charge in [0.1, 0.15) is 12.0 Å². The number of fused-ring (bicyclic) bond motifs is 1. The SMILES string of the molecule is O=C1c2cccnc2C(Nc2ccccc2F)N1Cc1cccs1. The molecule has 2 aromatic heterocycles. The number of hydrogen-bond acceptors (Lipinski definition) is 4.